The molecule has 6 aromatic rings. The van der Waals surface area contributed by atoms with Crippen LogP contribution in [0.25, 0.3) is 0 Å². The van der Waals surface area contributed by atoms with E-state index in [2.05, 4.69) is 66.2 Å². The third-order valence-electron chi connectivity index (χ3n) is 26.8. The van der Waals surface area contributed by atoms with Crippen molar-refractivity contribution in [2.24, 2.45) is 0 Å². The van der Waals surface area contributed by atoms with Crippen molar-refractivity contribution in [2.45, 2.75) is 122 Å². The number of likely N-dealkylation sites (N-methyl/N-ethyl adjacent to an activating group) is 6. The van der Waals surface area contributed by atoms with E-state index in [-0.39, 0.29) is 0 Å². The molecule has 6 aromatic carbocycles. The molecule has 12 rings (SSSR count). The second-order valence-electron chi connectivity index (χ2n) is 39.4. The van der Waals surface area contributed by atoms with Gasteiger partial charge in [-0.15, -0.1) is 0 Å². The number of morpholine rings is 2. The van der Waals surface area contributed by atoms with E-state index in [1.54, 1.807) is 0 Å². The molecule has 0 aromatic heterocycles. The normalized spacial score (nSPS) is 17.9. The number of ether oxygens (including phenoxy) is 8. The van der Waals surface area contributed by atoms with Crippen molar-refractivity contribution in [1.82, 2.24) is 9.80 Å². The highest BCUT2D eigenvalue weighted by Crippen LogP contribution is 2.25. The summed E-state index contributed by atoms with van der Waals surface area (Å²) in [7, 11) is 18.5. The standard InChI is InChI=1S/C18H33N4O.C17H31N4O.C17H30N3O2.C17H30N3O.C16H28N3O2.C16H28N3O/c1-22(2)11-9-21(10-12-22)8-4-14-23-13-3-5-16-6-7-17(19)15-18(16)20;1-21(2)10-7-20(8-11-21)9-13-22-12-3-4-15-5-6-16(18)14-17(15)19;1-20(8-12-22-13-9-20)7-3-11-21-10-2-4-15-5-6-16(18)14-17(15)19;1-20(9-3-2-4-10-20)11-13-21-12-5-6-15-7-8-16(18)14-17(15)19;1-19(7-11-21-12-8-19)6-10-20-9-2-3-14-4-5-15(17)13-16(14)18;1-19(8-2-3-9-19)10-12-20-11-4-5-14-6-7-15(17)13-16(14)18/h6-7,15H,3-5,8-14,19-20H2,1-2H3;5-6,14H,3-4,7-13,18-19H2,1-2H3;5-6,14H,2-4,7-13,18-19H2,1H3;7-8,14H,2-6,9-13,18-19H2,1H3;4-5,13H,2-3,6-12,17-18H2,1H3;6-7,13H,2-5,8-12,17-18H2,1H3/q6*+1. The van der Waals surface area contributed by atoms with E-state index in [0.717, 1.165) is 363 Å². The number of piperidine rings is 1. The van der Waals surface area contributed by atoms with E-state index < -0.39 is 0 Å². The molecule has 0 bridgehead atoms. The van der Waals surface area contributed by atoms with Gasteiger partial charge >= 0.3 is 0 Å². The van der Waals surface area contributed by atoms with E-state index in [1.807, 2.05) is 109 Å². The summed E-state index contributed by atoms with van der Waals surface area (Å²) in [5.74, 6) is 0. The molecule has 0 unspecified atom stereocenters. The first kappa shape index (κ1) is 108. The SMILES string of the molecule is C[N+]1(C)CCN(CCCOCCCc2ccc(N)cc2N)CC1.C[N+]1(C)CCN(CCOCCCc2ccc(N)cc2N)CC1.C[N+]1(CCCOCCCc2ccc(N)cc2N)CCOCC1.C[N+]1(CCOCCCc2ccc(N)cc2N)CCCC1.C[N+]1(CCOCCCc2ccc(N)cc2N)CCCCC1.C[N+]1(CCOCCCc2ccc(N)cc2N)CCOCC1. The fourth-order valence-electron chi connectivity index (χ4n) is 17.2. The number of rotatable bonds is 44. The Labute approximate surface area is 778 Å². The van der Waals surface area contributed by atoms with Crippen LogP contribution in [0.15, 0.2) is 109 Å². The first-order valence-corrected chi connectivity index (χ1v) is 48.7. The highest BCUT2D eigenvalue weighted by molar-refractivity contribution is 5.60. The van der Waals surface area contributed by atoms with Gasteiger partial charge in [0.25, 0.3) is 0 Å². The molecule has 0 aliphatic carbocycles. The van der Waals surface area contributed by atoms with E-state index in [1.165, 1.54) is 137 Å². The average molecular weight is 1800 g/mol. The van der Waals surface area contributed by atoms with Crippen molar-refractivity contribution < 1.29 is 64.8 Å². The van der Waals surface area contributed by atoms with Crippen LogP contribution in [0.5, 0.6) is 0 Å². The summed E-state index contributed by atoms with van der Waals surface area (Å²) in [6, 6.07) is 34.5. The van der Waals surface area contributed by atoms with E-state index in [4.69, 9.17) is 107 Å². The third-order valence-corrected chi connectivity index (χ3v) is 26.8. The second-order valence-corrected chi connectivity index (χ2v) is 39.4. The predicted molar refractivity (Wildman–Crippen MR) is 540 cm³/mol. The van der Waals surface area contributed by atoms with Crippen molar-refractivity contribution in [1.29, 1.82) is 0 Å². The second kappa shape index (κ2) is 58.3. The molecule has 129 heavy (non-hydrogen) atoms. The highest BCUT2D eigenvalue weighted by atomic mass is 16.5. The first-order valence-electron chi connectivity index (χ1n) is 48.7. The van der Waals surface area contributed by atoms with Crippen molar-refractivity contribution in [3.05, 3.63) is 143 Å². The quantitative estimate of drug-likeness (QED) is 0.00960. The van der Waals surface area contributed by atoms with E-state index >= 15 is 0 Å². The Bertz CT molecular complexity index is 3960. The summed E-state index contributed by atoms with van der Waals surface area (Å²) >= 11 is 0. The van der Waals surface area contributed by atoms with E-state index in [0.29, 0.717) is 0 Å². The number of nitrogen functional groups attached to an aromatic ring is 12. The van der Waals surface area contributed by atoms with Gasteiger partial charge in [-0.25, -0.2) is 0 Å². The number of anilines is 12. The van der Waals surface area contributed by atoms with Crippen molar-refractivity contribution in [2.75, 3.05) is 375 Å². The third kappa shape index (κ3) is 45.0. The van der Waals surface area contributed by atoms with Crippen LogP contribution in [0, 0.1) is 0 Å². The molecule has 0 atom stereocenters. The maximum absolute atomic E-state index is 5.96. The Morgan fingerprint density at radius 3 is 0.744 bits per heavy atom. The van der Waals surface area contributed by atoms with Crippen LogP contribution in [0.3, 0.4) is 0 Å². The van der Waals surface area contributed by atoms with Gasteiger partial charge < -0.3 is 134 Å². The summed E-state index contributed by atoms with van der Waals surface area (Å²) in [4.78, 5) is 5.06. The molecule has 726 valence electrons. The van der Waals surface area contributed by atoms with E-state index in [9.17, 15) is 0 Å². The molecule has 0 spiro atoms. The number of hydrogen-bond donors (Lipinski definition) is 12. The number of aryl methyl sites for hydroxylation is 6. The monoisotopic (exact) mass is 1800 g/mol. The molecule has 28 nitrogen and oxygen atoms in total. The number of nitrogens with zero attached hydrogens (tertiary/aromatic N) is 8. The van der Waals surface area contributed by atoms with Crippen molar-refractivity contribution >= 4 is 68.2 Å². The average Bonchev–Trinajstić information content (AvgIpc) is 1.66. The number of likely N-dealkylation sites (tertiary alicyclic amines) is 2. The molecular formula is C101H180N20O8+6. The summed E-state index contributed by atoms with van der Waals surface area (Å²) in [6.07, 6.45) is 20.8. The van der Waals surface area contributed by atoms with Gasteiger partial charge in [-0.2, -0.15) is 0 Å². The van der Waals surface area contributed by atoms with Crippen molar-refractivity contribution in [3.8, 4) is 0 Å². The van der Waals surface area contributed by atoms with Crippen LogP contribution >= 0.6 is 0 Å². The van der Waals surface area contributed by atoms with Crippen LogP contribution in [-0.2, 0) is 76.4 Å². The van der Waals surface area contributed by atoms with Gasteiger partial charge in [-0.05, 0) is 209 Å². The minimum absolute atomic E-state index is 0.718. The lowest BCUT2D eigenvalue weighted by Gasteiger charge is -2.39. The zero-order valence-corrected chi connectivity index (χ0v) is 81.5. The van der Waals surface area contributed by atoms with Gasteiger partial charge in [0, 0.05) is 173 Å². The summed E-state index contributed by atoms with van der Waals surface area (Å²) < 4.78 is 52.3. The van der Waals surface area contributed by atoms with Crippen LogP contribution in [0.4, 0.5) is 68.2 Å². The molecule has 0 amide bonds. The Kier molecular flexibility index (Phi) is 49.0. The lowest BCUT2D eigenvalue weighted by Crippen LogP contribution is -2.55. The minimum atomic E-state index is 0.718. The molecule has 0 saturated carbocycles. The number of benzene rings is 6. The van der Waals surface area contributed by atoms with Gasteiger partial charge in [-0.3, -0.25) is 9.80 Å². The number of piperazine rings is 2. The molecule has 24 N–H and O–H groups in total. The molecule has 6 aliphatic heterocycles. The maximum atomic E-state index is 5.96. The molecule has 28 heteroatoms. The predicted octanol–water partition coefficient (Wildman–Crippen LogP) is 10.2. The topological polar surface area (TPSA) is 393 Å². The van der Waals surface area contributed by atoms with Crippen molar-refractivity contribution in [3.63, 3.8) is 0 Å². The smallest absolute Gasteiger partial charge is 0.102 e. The Hall–Kier alpha value is -7.72. The first-order chi connectivity index (χ1) is 61.8. The molecule has 6 fully saturated rings. The lowest BCUT2D eigenvalue weighted by atomic mass is 10.1. The van der Waals surface area contributed by atoms with Gasteiger partial charge in [0.1, 0.15) is 45.8 Å². The molecule has 6 saturated heterocycles. The number of quaternary nitrogens is 6. The lowest BCUT2D eigenvalue weighted by molar-refractivity contribution is -0.917. The fraction of sp³-hybridized carbons (Fsp3) is 0.644. The summed E-state index contributed by atoms with van der Waals surface area (Å²) in [6.45, 7) is 39.5. The molecular weight excluding hydrogens is 1620 g/mol. The van der Waals surface area contributed by atoms with Crippen LogP contribution in [-0.4, -0.2) is 343 Å². The maximum Gasteiger partial charge on any atom is 0.102 e. The summed E-state index contributed by atoms with van der Waals surface area (Å²) in [5, 5.41) is 0. The van der Waals surface area contributed by atoms with Gasteiger partial charge in [0.05, 0.1) is 175 Å². The van der Waals surface area contributed by atoms with Crippen LogP contribution in [0.2, 0.25) is 0 Å². The molecule has 6 heterocycles. The minimum Gasteiger partial charge on any atom is -0.399 e. The van der Waals surface area contributed by atoms with Gasteiger partial charge in [0.15, 0.2) is 0 Å². The molecule has 6 aliphatic rings. The number of hydrogen-bond acceptors (Lipinski definition) is 22. The highest BCUT2D eigenvalue weighted by Gasteiger charge is 2.30. The summed E-state index contributed by atoms with van der Waals surface area (Å²) in [5.41, 5.74) is 85.9. The largest absolute Gasteiger partial charge is 0.399 e. The Morgan fingerprint density at radius 1 is 0.240 bits per heavy atom. The zero-order valence-electron chi connectivity index (χ0n) is 81.5. The molecule has 0 radical (unpaired) electrons. The van der Waals surface area contributed by atoms with Gasteiger partial charge in [0.2, 0.25) is 0 Å². The van der Waals surface area contributed by atoms with Crippen LogP contribution < -0.4 is 68.8 Å². The van der Waals surface area contributed by atoms with Gasteiger partial charge in [-0.1, -0.05) is 36.4 Å². The number of nitrogens with two attached hydrogens (primary N) is 12. The Morgan fingerprint density at radius 2 is 0.465 bits per heavy atom. The Balaban J connectivity index is 0.000000212. The zero-order chi connectivity index (χ0) is 93.2. The fourth-order valence-corrected chi connectivity index (χ4v) is 17.2. The van der Waals surface area contributed by atoms with Crippen LogP contribution in [0.1, 0.15) is 117 Å².